The van der Waals surface area contributed by atoms with Crippen molar-refractivity contribution in [2.75, 3.05) is 51.0 Å². The van der Waals surface area contributed by atoms with Crippen molar-refractivity contribution >= 4 is 33.3 Å². The van der Waals surface area contributed by atoms with Gasteiger partial charge in [0.2, 0.25) is 5.91 Å². The maximum absolute atomic E-state index is 12.2. The zero-order valence-electron chi connectivity index (χ0n) is 15.6. The summed E-state index contributed by atoms with van der Waals surface area (Å²) in [4.78, 5) is 30.6. The average Bonchev–Trinajstić information content (AvgIpc) is 3.15. The molecule has 0 aliphatic carbocycles. The fourth-order valence-electron chi connectivity index (χ4n) is 3.55. The molecule has 0 unspecified atom stereocenters. The number of rotatable bonds is 4. The van der Waals surface area contributed by atoms with Gasteiger partial charge in [-0.05, 0) is 26.3 Å². The second kappa shape index (κ2) is 7.09. The van der Waals surface area contributed by atoms with Crippen LogP contribution in [0.3, 0.4) is 0 Å². The van der Waals surface area contributed by atoms with Crippen LogP contribution in [-0.2, 0) is 16.1 Å². The summed E-state index contributed by atoms with van der Waals surface area (Å²) in [6.07, 6.45) is 0. The first-order valence-corrected chi connectivity index (χ1v) is 9.98. The Morgan fingerprint density at radius 1 is 1.19 bits per heavy atom. The Bertz CT molecular complexity index is 831. The molecule has 8 heteroatoms. The molecule has 0 aromatic carbocycles. The molecule has 0 radical (unpaired) electrons. The number of thiophene rings is 1. The van der Waals surface area contributed by atoms with E-state index in [-0.39, 0.29) is 5.91 Å². The fraction of sp³-hybridized carbons (Fsp3) is 0.611. The summed E-state index contributed by atoms with van der Waals surface area (Å²) >= 11 is 1.72. The van der Waals surface area contributed by atoms with Gasteiger partial charge in [-0.1, -0.05) is 0 Å². The van der Waals surface area contributed by atoms with Crippen LogP contribution in [0.15, 0.2) is 0 Å². The minimum atomic E-state index is 0.165. The topological polar surface area (TPSA) is 61.8 Å². The number of fused-ring (bicyclic) bond motifs is 1. The van der Waals surface area contributed by atoms with E-state index in [2.05, 4.69) is 23.6 Å². The molecule has 2 fully saturated rings. The lowest BCUT2D eigenvalue weighted by atomic mass is 10.2. The molecule has 0 bridgehead atoms. The molecule has 0 N–H and O–H groups in total. The van der Waals surface area contributed by atoms with Gasteiger partial charge in [-0.15, -0.1) is 11.3 Å². The third kappa shape index (κ3) is 3.17. The van der Waals surface area contributed by atoms with Crippen LogP contribution in [0.5, 0.6) is 0 Å². The number of aryl methyl sites for hydroxylation is 2. The Hall–Kier alpha value is -1.77. The summed E-state index contributed by atoms with van der Waals surface area (Å²) in [7, 11) is 0. The molecule has 2 aliphatic heterocycles. The molecular weight excluding hydrogens is 350 g/mol. The number of aromatic nitrogens is 2. The molecule has 140 valence electrons. The van der Waals surface area contributed by atoms with Gasteiger partial charge in [0, 0.05) is 24.5 Å². The summed E-state index contributed by atoms with van der Waals surface area (Å²) in [5.74, 6) is 1.90. The van der Waals surface area contributed by atoms with Crippen LogP contribution in [0.2, 0.25) is 0 Å². The van der Waals surface area contributed by atoms with Crippen molar-refractivity contribution in [1.82, 2.24) is 19.8 Å². The highest BCUT2D eigenvalue weighted by atomic mass is 32.1. The van der Waals surface area contributed by atoms with E-state index in [1.54, 1.807) is 11.3 Å². The maximum Gasteiger partial charge on any atom is 0.243 e. The van der Waals surface area contributed by atoms with Crippen LogP contribution in [0.4, 0.5) is 5.82 Å². The standard InChI is InChI=1S/C18H25N5O2S/c1-4-22-11-23(10-15(22)24)17-16-12(2)13(3)26-18(16)20-14(19-17)9-21-5-7-25-8-6-21/h4-11H2,1-3H3. The van der Waals surface area contributed by atoms with Gasteiger partial charge in [-0.3, -0.25) is 9.69 Å². The molecule has 0 saturated carbocycles. The largest absolute Gasteiger partial charge is 0.379 e. The third-order valence-corrected chi connectivity index (χ3v) is 6.33. The summed E-state index contributed by atoms with van der Waals surface area (Å²) in [5, 5.41) is 1.10. The second-order valence-corrected chi connectivity index (χ2v) is 8.11. The number of carbonyl (C=O) groups is 1. The maximum atomic E-state index is 12.2. The fourth-order valence-corrected chi connectivity index (χ4v) is 4.59. The van der Waals surface area contributed by atoms with Gasteiger partial charge in [0.25, 0.3) is 0 Å². The van der Waals surface area contributed by atoms with Gasteiger partial charge in [-0.25, -0.2) is 9.97 Å². The highest BCUT2D eigenvalue weighted by Gasteiger charge is 2.30. The quantitative estimate of drug-likeness (QED) is 0.812. The highest BCUT2D eigenvalue weighted by Crippen LogP contribution is 2.36. The monoisotopic (exact) mass is 375 g/mol. The molecule has 0 spiro atoms. The number of hydrogen-bond donors (Lipinski definition) is 0. The van der Waals surface area contributed by atoms with Crippen LogP contribution in [0.1, 0.15) is 23.2 Å². The summed E-state index contributed by atoms with van der Waals surface area (Å²) in [5.41, 5.74) is 1.22. The SMILES string of the molecule is CCN1CN(c2nc(CN3CCOCC3)nc3sc(C)c(C)c23)CC1=O. The van der Waals surface area contributed by atoms with Gasteiger partial charge < -0.3 is 14.5 Å². The Morgan fingerprint density at radius 2 is 1.96 bits per heavy atom. The van der Waals surface area contributed by atoms with Crippen molar-refractivity contribution in [2.45, 2.75) is 27.3 Å². The Balaban J connectivity index is 1.72. The van der Waals surface area contributed by atoms with E-state index < -0.39 is 0 Å². The minimum absolute atomic E-state index is 0.165. The number of anilines is 1. The number of likely N-dealkylation sites (N-methyl/N-ethyl adjacent to an activating group) is 1. The Labute approximate surface area is 157 Å². The molecular formula is C18H25N5O2S. The lowest BCUT2D eigenvalue weighted by Crippen LogP contribution is -2.36. The average molecular weight is 375 g/mol. The first kappa shape index (κ1) is 17.6. The summed E-state index contributed by atoms with van der Waals surface area (Å²) in [6, 6.07) is 0. The number of ether oxygens (including phenoxy) is 1. The molecule has 2 aliphatic rings. The predicted molar refractivity (Wildman–Crippen MR) is 103 cm³/mol. The van der Waals surface area contributed by atoms with Crippen LogP contribution < -0.4 is 4.90 Å². The van der Waals surface area contributed by atoms with Gasteiger partial charge in [0.1, 0.15) is 23.0 Å². The molecule has 26 heavy (non-hydrogen) atoms. The van der Waals surface area contributed by atoms with Crippen molar-refractivity contribution in [1.29, 1.82) is 0 Å². The van der Waals surface area contributed by atoms with Crippen molar-refractivity contribution in [2.24, 2.45) is 0 Å². The van der Waals surface area contributed by atoms with Gasteiger partial charge >= 0.3 is 0 Å². The first-order valence-electron chi connectivity index (χ1n) is 9.16. The normalized spacial score (nSPS) is 19.1. The molecule has 1 amide bonds. The first-order chi connectivity index (χ1) is 12.6. The number of morpholine rings is 1. The van der Waals surface area contributed by atoms with Crippen LogP contribution in [0, 0.1) is 13.8 Å². The molecule has 0 atom stereocenters. The van der Waals surface area contributed by atoms with Crippen molar-refractivity contribution in [3.63, 3.8) is 0 Å². The van der Waals surface area contributed by atoms with Crippen molar-refractivity contribution in [3.05, 3.63) is 16.3 Å². The van der Waals surface area contributed by atoms with Gasteiger partial charge in [-0.2, -0.15) is 0 Å². The van der Waals surface area contributed by atoms with Crippen molar-refractivity contribution in [3.8, 4) is 0 Å². The van der Waals surface area contributed by atoms with Crippen LogP contribution >= 0.6 is 11.3 Å². The predicted octanol–water partition coefficient (Wildman–Crippen LogP) is 1.77. The smallest absolute Gasteiger partial charge is 0.243 e. The number of carbonyl (C=O) groups excluding carboxylic acids is 1. The van der Waals surface area contributed by atoms with E-state index >= 15 is 0 Å². The van der Waals surface area contributed by atoms with E-state index in [0.29, 0.717) is 13.2 Å². The number of nitrogens with zero attached hydrogens (tertiary/aromatic N) is 5. The lowest BCUT2D eigenvalue weighted by Gasteiger charge is -2.26. The molecule has 2 saturated heterocycles. The van der Waals surface area contributed by atoms with Crippen molar-refractivity contribution < 1.29 is 9.53 Å². The summed E-state index contributed by atoms with van der Waals surface area (Å²) in [6.45, 7) is 12.1. The third-order valence-electron chi connectivity index (χ3n) is 5.23. The van der Waals surface area contributed by atoms with E-state index in [9.17, 15) is 4.79 Å². The van der Waals surface area contributed by atoms with Crippen LogP contribution in [-0.4, -0.2) is 71.7 Å². The molecule has 4 heterocycles. The minimum Gasteiger partial charge on any atom is -0.379 e. The Kier molecular flexibility index (Phi) is 4.81. The molecule has 2 aromatic heterocycles. The molecule has 7 nitrogen and oxygen atoms in total. The Morgan fingerprint density at radius 3 is 2.65 bits per heavy atom. The molecule has 4 rings (SSSR count). The zero-order valence-corrected chi connectivity index (χ0v) is 16.4. The summed E-state index contributed by atoms with van der Waals surface area (Å²) < 4.78 is 5.44. The van der Waals surface area contributed by atoms with E-state index in [1.807, 2.05) is 11.8 Å². The van der Waals surface area contributed by atoms with Gasteiger partial charge in [0.15, 0.2) is 0 Å². The number of amides is 1. The van der Waals surface area contributed by atoms with Gasteiger partial charge in [0.05, 0.1) is 31.8 Å². The highest BCUT2D eigenvalue weighted by molar-refractivity contribution is 7.18. The molecule has 2 aromatic rings. The van der Waals surface area contributed by atoms with E-state index in [1.165, 1.54) is 10.4 Å². The second-order valence-electron chi connectivity index (χ2n) is 6.90. The lowest BCUT2D eigenvalue weighted by molar-refractivity contribution is -0.126. The van der Waals surface area contributed by atoms with E-state index in [4.69, 9.17) is 14.7 Å². The number of hydrogen-bond acceptors (Lipinski definition) is 7. The zero-order chi connectivity index (χ0) is 18.3. The van der Waals surface area contributed by atoms with Crippen LogP contribution in [0.25, 0.3) is 10.2 Å². The van der Waals surface area contributed by atoms with E-state index in [0.717, 1.165) is 61.3 Å².